The Balaban J connectivity index is 1.29. The Morgan fingerprint density at radius 2 is 2.06 bits per heavy atom. The van der Waals surface area contributed by atoms with Crippen LogP contribution in [-0.4, -0.2) is 50.7 Å². The van der Waals surface area contributed by atoms with E-state index in [-0.39, 0.29) is 29.4 Å². The lowest BCUT2D eigenvalue weighted by Gasteiger charge is -2.43. The topological polar surface area (TPSA) is 109 Å². The summed E-state index contributed by atoms with van der Waals surface area (Å²) < 4.78 is 11.8. The van der Waals surface area contributed by atoms with E-state index in [0.717, 1.165) is 12.8 Å². The van der Waals surface area contributed by atoms with E-state index >= 15 is 0 Å². The van der Waals surface area contributed by atoms with Crippen molar-refractivity contribution >= 4 is 34.2 Å². The molecular formula is C26H23ClN4O4. The standard InChI is InChI=1S/C26H23ClN4O4/c27-20-10-16(35-15-4-2-1-3-5-15)6-7-17(20)23(33)18-11-28-24-22(18)25(30-14-29-24)31-21-12-34-26(13-32)9-8-19(21)26/h1-7,10-11,14,19,21,32H,8-9,12-13H2,(H2,28,29,30,31)/t19?,21-,26?/m0/s1. The number of para-hydroxylation sites is 1. The number of hydrogen-bond acceptors (Lipinski definition) is 7. The lowest BCUT2D eigenvalue weighted by molar-refractivity contribution is -0.113. The van der Waals surface area contributed by atoms with Gasteiger partial charge in [0.05, 0.1) is 40.8 Å². The normalized spacial score (nSPS) is 23.0. The molecule has 1 aliphatic heterocycles. The molecule has 2 aliphatic rings. The Morgan fingerprint density at radius 3 is 2.77 bits per heavy atom. The number of aliphatic hydroxyl groups excluding tert-OH is 1. The van der Waals surface area contributed by atoms with Crippen molar-refractivity contribution in [2.45, 2.75) is 24.5 Å². The Labute approximate surface area is 206 Å². The van der Waals surface area contributed by atoms with Crippen LogP contribution < -0.4 is 10.1 Å². The van der Waals surface area contributed by atoms with Crippen molar-refractivity contribution in [1.82, 2.24) is 15.0 Å². The number of aliphatic hydroxyl groups is 1. The molecule has 35 heavy (non-hydrogen) atoms. The molecule has 0 amide bonds. The fraction of sp³-hybridized carbons (Fsp3) is 0.269. The summed E-state index contributed by atoms with van der Waals surface area (Å²) in [5.41, 5.74) is 0.859. The number of benzene rings is 2. The van der Waals surface area contributed by atoms with Gasteiger partial charge in [-0.1, -0.05) is 29.8 Å². The van der Waals surface area contributed by atoms with Crippen molar-refractivity contribution in [2.24, 2.45) is 5.92 Å². The number of nitrogens with one attached hydrogen (secondary N) is 2. The zero-order chi connectivity index (χ0) is 24.0. The highest BCUT2D eigenvalue weighted by Gasteiger charge is 2.56. The predicted octanol–water partition coefficient (Wildman–Crippen LogP) is 4.59. The number of carbonyl (C=O) groups excluding carboxylic acids is 1. The molecule has 1 saturated heterocycles. The molecule has 2 aromatic heterocycles. The second kappa shape index (κ2) is 8.64. The maximum atomic E-state index is 13.5. The fourth-order valence-electron chi connectivity index (χ4n) is 5.08. The van der Waals surface area contributed by atoms with Crippen molar-refractivity contribution in [2.75, 3.05) is 18.5 Å². The third-order valence-corrected chi connectivity index (χ3v) is 7.37. The van der Waals surface area contributed by atoms with E-state index in [1.54, 1.807) is 24.4 Å². The second-order valence-electron chi connectivity index (χ2n) is 8.96. The molecule has 2 fully saturated rings. The van der Waals surface area contributed by atoms with Crippen LogP contribution in [0.15, 0.2) is 61.1 Å². The van der Waals surface area contributed by atoms with E-state index in [2.05, 4.69) is 20.3 Å². The molecule has 3 heterocycles. The van der Waals surface area contributed by atoms with E-state index in [9.17, 15) is 9.90 Å². The van der Waals surface area contributed by atoms with Gasteiger partial charge >= 0.3 is 0 Å². The zero-order valence-corrected chi connectivity index (χ0v) is 19.5. The summed E-state index contributed by atoms with van der Waals surface area (Å²) in [5.74, 6) is 1.72. The molecule has 8 nitrogen and oxygen atoms in total. The largest absolute Gasteiger partial charge is 0.457 e. The van der Waals surface area contributed by atoms with Crippen LogP contribution in [0, 0.1) is 5.92 Å². The fourth-order valence-corrected chi connectivity index (χ4v) is 5.33. The smallest absolute Gasteiger partial charge is 0.196 e. The van der Waals surface area contributed by atoms with Gasteiger partial charge in [-0.2, -0.15) is 0 Å². The quantitative estimate of drug-likeness (QED) is 0.325. The molecule has 4 aromatic rings. The minimum absolute atomic E-state index is 0.00536. The SMILES string of the molecule is O=C(c1ccc(Oc2ccccc2)cc1Cl)c1c[nH]c2ncnc(N[C@H]3COC4(CO)CCC34)c12. The first-order valence-electron chi connectivity index (χ1n) is 11.5. The van der Waals surface area contributed by atoms with Crippen molar-refractivity contribution in [1.29, 1.82) is 0 Å². The van der Waals surface area contributed by atoms with Crippen molar-refractivity contribution in [3.8, 4) is 11.5 Å². The molecule has 2 unspecified atom stereocenters. The monoisotopic (exact) mass is 490 g/mol. The molecule has 9 heteroatoms. The summed E-state index contributed by atoms with van der Waals surface area (Å²) in [7, 11) is 0. The van der Waals surface area contributed by atoms with Crippen LogP contribution in [0.25, 0.3) is 11.0 Å². The minimum atomic E-state index is -0.461. The minimum Gasteiger partial charge on any atom is -0.457 e. The number of ether oxygens (including phenoxy) is 2. The third kappa shape index (κ3) is 3.74. The molecule has 178 valence electrons. The van der Waals surface area contributed by atoms with E-state index in [1.807, 2.05) is 30.3 Å². The van der Waals surface area contributed by atoms with Gasteiger partial charge in [-0.15, -0.1) is 0 Å². The summed E-state index contributed by atoms with van der Waals surface area (Å²) in [6.45, 7) is 0.477. The first-order chi connectivity index (χ1) is 17.1. The summed E-state index contributed by atoms with van der Waals surface area (Å²) in [5, 5.41) is 14.1. The van der Waals surface area contributed by atoms with Crippen LogP contribution in [-0.2, 0) is 4.74 Å². The molecule has 1 saturated carbocycles. The van der Waals surface area contributed by atoms with Gasteiger partial charge in [0.1, 0.15) is 29.3 Å². The second-order valence-corrected chi connectivity index (χ2v) is 9.37. The number of carbonyl (C=O) groups is 1. The maximum Gasteiger partial charge on any atom is 0.196 e. The van der Waals surface area contributed by atoms with E-state index in [1.165, 1.54) is 6.33 Å². The Bertz CT molecular complexity index is 1410. The Kier molecular flexibility index (Phi) is 5.44. The third-order valence-electron chi connectivity index (χ3n) is 7.06. The number of halogens is 1. The number of fused-ring (bicyclic) bond motifs is 2. The molecule has 1 aliphatic carbocycles. The molecule has 0 spiro atoms. The average Bonchev–Trinajstić information content (AvgIpc) is 3.39. The number of aromatic nitrogens is 3. The van der Waals surface area contributed by atoms with Crippen LogP contribution in [0.2, 0.25) is 5.02 Å². The summed E-state index contributed by atoms with van der Waals surface area (Å²) in [6, 6.07) is 14.4. The lowest BCUT2D eigenvalue weighted by Crippen LogP contribution is -2.51. The molecule has 3 N–H and O–H groups in total. The molecule has 2 aromatic carbocycles. The van der Waals surface area contributed by atoms with Gasteiger partial charge in [-0.05, 0) is 37.1 Å². The van der Waals surface area contributed by atoms with E-state index in [4.69, 9.17) is 21.1 Å². The molecule has 0 bridgehead atoms. The van der Waals surface area contributed by atoms with Gasteiger partial charge in [0.2, 0.25) is 0 Å². The number of H-pyrrole nitrogens is 1. The lowest BCUT2D eigenvalue weighted by atomic mass is 9.68. The first kappa shape index (κ1) is 22.0. The number of nitrogens with zero attached hydrogens (tertiary/aromatic N) is 2. The van der Waals surface area contributed by atoms with Crippen LogP contribution in [0.5, 0.6) is 11.5 Å². The predicted molar refractivity (Wildman–Crippen MR) is 131 cm³/mol. The van der Waals surface area contributed by atoms with Gasteiger partial charge in [-0.25, -0.2) is 9.97 Å². The van der Waals surface area contributed by atoms with Gasteiger partial charge in [0.15, 0.2) is 5.78 Å². The van der Waals surface area contributed by atoms with Crippen molar-refractivity contribution in [3.05, 3.63) is 77.2 Å². The van der Waals surface area contributed by atoms with Crippen molar-refractivity contribution < 1.29 is 19.4 Å². The van der Waals surface area contributed by atoms with E-state index < -0.39 is 5.60 Å². The van der Waals surface area contributed by atoms with Crippen LogP contribution in [0.4, 0.5) is 5.82 Å². The highest BCUT2D eigenvalue weighted by atomic mass is 35.5. The number of aromatic amines is 1. The molecule has 0 radical (unpaired) electrons. The molecular weight excluding hydrogens is 468 g/mol. The summed E-state index contributed by atoms with van der Waals surface area (Å²) in [6.07, 6.45) is 4.90. The number of rotatable bonds is 7. The Hall–Kier alpha value is -3.46. The van der Waals surface area contributed by atoms with Crippen LogP contribution >= 0.6 is 11.6 Å². The number of anilines is 1. The zero-order valence-electron chi connectivity index (χ0n) is 18.7. The average molecular weight is 491 g/mol. The summed E-state index contributed by atoms with van der Waals surface area (Å²) in [4.78, 5) is 25.3. The van der Waals surface area contributed by atoms with Gasteiger partial charge in [0, 0.05) is 23.7 Å². The summed E-state index contributed by atoms with van der Waals surface area (Å²) >= 11 is 6.51. The van der Waals surface area contributed by atoms with Crippen molar-refractivity contribution in [3.63, 3.8) is 0 Å². The van der Waals surface area contributed by atoms with Crippen LogP contribution in [0.3, 0.4) is 0 Å². The Morgan fingerprint density at radius 1 is 1.20 bits per heavy atom. The molecule has 3 atom stereocenters. The van der Waals surface area contributed by atoms with Gasteiger partial charge < -0.3 is 24.9 Å². The maximum absolute atomic E-state index is 13.5. The highest BCUT2D eigenvalue weighted by molar-refractivity contribution is 6.35. The number of ketones is 1. The molecule has 6 rings (SSSR count). The van der Waals surface area contributed by atoms with Gasteiger partial charge in [-0.3, -0.25) is 4.79 Å². The van der Waals surface area contributed by atoms with E-state index in [0.29, 0.717) is 46.1 Å². The van der Waals surface area contributed by atoms with Crippen LogP contribution in [0.1, 0.15) is 28.8 Å². The highest BCUT2D eigenvalue weighted by Crippen LogP contribution is 2.49. The first-order valence-corrected chi connectivity index (χ1v) is 11.9. The number of hydrogen-bond donors (Lipinski definition) is 3. The van der Waals surface area contributed by atoms with Gasteiger partial charge in [0.25, 0.3) is 0 Å².